The Kier molecular flexibility index (Phi) is 6.36. The van der Waals surface area contributed by atoms with Crippen LogP contribution in [0.2, 0.25) is 0 Å². The number of morpholine rings is 1. The fraction of sp³-hybridized carbons (Fsp3) is 0.474. The van der Waals surface area contributed by atoms with Crippen molar-refractivity contribution in [3.8, 4) is 0 Å². The van der Waals surface area contributed by atoms with E-state index in [1.54, 1.807) is 0 Å². The second-order valence-electron chi connectivity index (χ2n) is 6.85. The molecule has 0 saturated carbocycles. The molecule has 1 unspecified atom stereocenters. The molecule has 0 aliphatic carbocycles. The average molecular weight is 393 g/mol. The number of nitrogens with one attached hydrogen (secondary N) is 2. The van der Waals surface area contributed by atoms with Gasteiger partial charge in [0.05, 0.1) is 19.3 Å². The van der Waals surface area contributed by atoms with E-state index in [1.165, 1.54) is 0 Å². The number of amides is 2. The molecule has 1 atom stereocenters. The lowest BCUT2D eigenvalue weighted by atomic mass is 10.2. The summed E-state index contributed by atoms with van der Waals surface area (Å²) < 4.78 is 7.25. The van der Waals surface area contributed by atoms with Gasteiger partial charge in [0.2, 0.25) is 11.8 Å². The number of hydrogen-bond acceptors (Lipinski definition) is 4. The van der Waals surface area contributed by atoms with Crippen LogP contribution in [0, 0.1) is 0 Å². The first kappa shape index (κ1) is 19.7. The Morgan fingerprint density at radius 2 is 2.04 bits per heavy atom. The summed E-state index contributed by atoms with van der Waals surface area (Å²) in [5.74, 6) is 0.124. The van der Waals surface area contributed by atoms with Crippen molar-refractivity contribution >= 4 is 40.8 Å². The number of hydrogen-bond donors (Lipinski definition) is 2. The van der Waals surface area contributed by atoms with Crippen LogP contribution in [0.4, 0.5) is 5.69 Å². The summed E-state index contributed by atoms with van der Waals surface area (Å²) >= 11 is 0. The highest BCUT2D eigenvalue weighted by Gasteiger charge is 2.22. The molecule has 0 bridgehead atoms. The third-order valence-corrected chi connectivity index (χ3v) is 5.08. The lowest BCUT2D eigenvalue weighted by Gasteiger charge is -2.27. The number of carbonyl (C=O) groups excluding carboxylic acids is 2. The van der Waals surface area contributed by atoms with Crippen LogP contribution in [-0.2, 0) is 20.9 Å². The Balaban J connectivity index is 0.00000210. The average Bonchev–Trinajstić information content (AvgIpc) is 3.33. The van der Waals surface area contributed by atoms with E-state index >= 15 is 0 Å². The van der Waals surface area contributed by atoms with Gasteiger partial charge < -0.3 is 24.8 Å². The monoisotopic (exact) mass is 392 g/mol. The number of fused-ring (bicyclic) bond motifs is 1. The Hall–Kier alpha value is -2.09. The van der Waals surface area contributed by atoms with Gasteiger partial charge in [0.1, 0.15) is 6.54 Å². The lowest BCUT2D eigenvalue weighted by molar-refractivity contribution is -0.135. The number of ether oxygens (including phenoxy) is 1. The van der Waals surface area contributed by atoms with Gasteiger partial charge in [-0.2, -0.15) is 0 Å². The van der Waals surface area contributed by atoms with Gasteiger partial charge in [-0.05, 0) is 43.7 Å². The molecule has 4 rings (SSSR count). The number of halogens is 1. The van der Waals surface area contributed by atoms with Crippen molar-refractivity contribution in [3.63, 3.8) is 0 Å². The van der Waals surface area contributed by atoms with Gasteiger partial charge in [-0.1, -0.05) is 0 Å². The highest BCUT2D eigenvalue weighted by molar-refractivity contribution is 5.97. The standard InChI is InChI=1S/C19H24N4O3.ClH/c24-18(22-8-10-26-11-9-22)13-23-7-5-14-12-15(3-4-17(14)23)21-19(25)16-2-1-6-20-16;/h3-5,7,12,16,20H,1-2,6,8-11,13H2,(H,21,25);1H. The fourth-order valence-corrected chi connectivity index (χ4v) is 3.61. The largest absolute Gasteiger partial charge is 0.378 e. The van der Waals surface area contributed by atoms with E-state index in [2.05, 4.69) is 10.6 Å². The van der Waals surface area contributed by atoms with Crippen molar-refractivity contribution in [1.82, 2.24) is 14.8 Å². The van der Waals surface area contributed by atoms with Gasteiger partial charge in [-0.3, -0.25) is 9.59 Å². The summed E-state index contributed by atoms with van der Waals surface area (Å²) in [4.78, 5) is 26.5. The summed E-state index contributed by atoms with van der Waals surface area (Å²) in [5, 5.41) is 7.19. The van der Waals surface area contributed by atoms with Gasteiger partial charge in [0.15, 0.2) is 0 Å². The molecule has 2 amide bonds. The van der Waals surface area contributed by atoms with Crippen LogP contribution in [0.15, 0.2) is 30.5 Å². The molecule has 2 aromatic rings. The number of aromatic nitrogens is 1. The molecule has 27 heavy (non-hydrogen) atoms. The zero-order valence-corrected chi connectivity index (χ0v) is 16.0. The van der Waals surface area contributed by atoms with Crippen molar-refractivity contribution < 1.29 is 14.3 Å². The zero-order chi connectivity index (χ0) is 17.9. The molecule has 2 saturated heterocycles. The molecule has 146 valence electrons. The highest BCUT2D eigenvalue weighted by Crippen LogP contribution is 2.21. The molecule has 3 heterocycles. The van der Waals surface area contributed by atoms with Crippen LogP contribution in [0.3, 0.4) is 0 Å². The number of nitrogens with zero attached hydrogens (tertiary/aromatic N) is 2. The predicted molar refractivity (Wildman–Crippen MR) is 106 cm³/mol. The van der Waals surface area contributed by atoms with E-state index < -0.39 is 0 Å². The topological polar surface area (TPSA) is 75.6 Å². The number of anilines is 1. The fourth-order valence-electron chi connectivity index (χ4n) is 3.61. The van der Waals surface area contributed by atoms with E-state index in [0.717, 1.165) is 36.0 Å². The second-order valence-corrected chi connectivity index (χ2v) is 6.85. The van der Waals surface area contributed by atoms with Crippen LogP contribution in [0.1, 0.15) is 12.8 Å². The zero-order valence-electron chi connectivity index (χ0n) is 15.1. The molecule has 2 fully saturated rings. The van der Waals surface area contributed by atoms with Gasteiger partial charge in [-0.15, -0.1) is 12.4 Å². The third kappa shape index (κ3) is 4.43. The molecular formula is C19H25ClN4O3. The van der Waals surface area contributed by atoms with Crippen molar-refractivity contribution in [2.75, 3.05) is 38.2 Å². The summed E-state index contributed by atoms with van der Waals surface area (Å²) in [7, 11) is 0. The van der Waals surface area contributed by atoms with Crippen molar-refractivity contribution in [2.45, 2.75) is 25.4 Å². The minimum Gasteiger partial charge on any atom is -0.378 e. The predicted octanol–water partition coefficient (Wildman–Crippen LogP) is 1.61. The molecule has 2 aliphatic rings. The minimum atomic E-state index is -0.0959. The number of carbonyl (C=O) groups is 2. The minimum absolute atomic E-state index is 0. The van der Waals surface area contributed by atoms with Crippen LogP contribution < -0.4 is 10.6 Å². The number of rotatable bonds is 4. The Labute approximate surface area is 164 Å². The van der Waals surface area contributed by atoms with Crippen LogP contribution in [0.25, 0.3) is 10.9 Å². The molecule has 2 N–H and O–H groups in total. The Bertz CT molecular complexity index is 810. The van der Waals surface area contributed by atoms with Gasteiger partial charge in [0.25, 0.3) is 0 Å². The Morgan fingerprint density at radius 1 is 1.22 bits per heavy atom. The maximum Gasteiger partial charge on any atom is 0.242 e. The first-order valence-electron chi connectivity index (χ1n) is 9.19. The quantitative estimate of drug-likeness (QED) is 0.829. The normalized spacial score (nSPS) is 19.7. The third-order valence-electron chi connectivity index (χ3n) is 5.08. The first-order chi connectivity index (χ1) is 12.7. The van der Waals surface area contributed by atoms with E-state index in [0.29, 0.717) is 32.8 Å². The summed E-state index contributed by atoms with van der Waals surface area (Å²) in [6, 6.07) is 7.69. The first-order valence-corrected chi connectivity index (χ1v) is 9.19. The molecule has 0 radical (unpaired) electrons. The van der Waals surface area contributed by atoms with E-state index in [1.807, 2.05) is 39.9 Å². The second kappa shape index (κ2) is 8.73. The van der Waals surface area contributed by atoms with Crippen LogP contribution in [0.5, 0.6) is 0 Å². The SMILES string of the molecule is Cl.O=C(Nc1ccc2c(ccn2CC(=O)N2CCOCC2)c1)C1CCCN1. The summed E-state index contributed by atoms with van der Waals surface area (Å²) in [6.07, 6.45) is 3.85. The number of benzene rings is 1. The Morgan fingerprint density at radius 3 is 2.78 bits per heavy atom. The molecule has 1 aromatic carbocycles. The van der Waals surface area contributed by atoms with E-state index in [9.17, 15) is 9.59 Å². The van der Waals surface area contributed by atoms with Gasteiger partial charge >= 0.3 is 0 Å². The van der Waals surface area contributed by atoms with Gasteiger partial charge in [-0.25, -0.2) is 0 Å². The molecule has 7 nitrogen and oxygen atoms in total. The molecule has 1 aromatic heterocycles. The molecule has 8 heteroatoms. The van der Waals surface area contributed by atoms with Crippen LogP contribution >= 0.6 is 12.4 Å². The van der Waals surface area contributed by atoms with Crippen molar-refractivity contribution in [2.24, 2.45) is 0 Å². The maximum absolute atomic E-state index is 12.5. The molecular weight excluding hydrogens is 368 g/mol. The smallest absolute Gasteiger partial charge is 0.242 e. The molecule has 2 aliphatic heterocycles. The van der Waals surface area contributed by atoms with E-state index in [4.69, 9.17) is 4.74 Å². The summed E-state index contributed by atoms with van der Waals surface area (Å²) in [6.45, 7) is 3.75. The summed E-state index contributed by atoms with van der Waals surface area (Å²) in [5.41, 5.74) is 1.78. The van der Waals surface area contributed by atoms with Crippen molar-refractivity contribution in [1.29, 1.82) is 0 Å². The van der Waals surface area contributed by atoms with Crippen LogP contribution in [-0.4, -0.2) is 60.2 Å². The lowest BCUT2D eigenvalue weighted by Crippen LogP contribution is -2.42. The highest BCUT2D eigenvalue weighted by atomic mass is 35.5. The van der Waals surface area contributed by atoms with Crippen molar-refractivity contribution in [3.05, 3.63) is 30.5 Å². The van der Waals surface area contributed by atoms with Gasteiger partial charge in [0, 0.05) is 35.9 Å². The maximum atomic E-state index is 12.5. The van der Waals surface area contributed by atoms with E-state index in [-0.39, 0.29) is 30.3 Å². The molecule has 0 spiro atoms.